The van der Waals surface area contributed by atoms with E-state index in [0.717, 1.165) is 4.90 Å². The average Bonchev–Trinajstić information content (AvgIpc) is 2.28. The summed E-state index contributed by atoms with van der Waals surface area (Å²) < 4.78 is 5.30. The molecule has 0 aliphatic heterocycles. The lowest BCUT2D eigenvalue weighted by molar-refractivity contribution is -0.385. The molecular weight excluding hydrogens is 254 g/mol. The first kappa shape index (κ1) is 14.8. The van der Waals surface area contributed by atoms with Crippen LogP contribution in [0.3, 0.4) is 0 Å². The average molecular weight is 271 g/mol. The lowest BCUT2D eigenvalue weighted by Gasteiger charge is -2.14. The summed E-state index contributed by atoms with van der Waals surface area (Å²) in [4.78, 5) is 11.1. The third kappa shape index (κ3) is 4.19. The van der Waals surface area contributed by atoms with Crippen LogP contribution in [0.25, 0.3) is 0 Å². The van der Waals surface area contributed by atoms with Gasteiger partial charge in [-0.05, 0) is 19.9 Å². The highest BCUT2D eigenvalue weighted by Gasteiger charge is 2.15. The van der Waals surface area contributed by atoms with Gasteiger partial charge in [0, 0.05) is 16.2 Å². The monoisotopic (exact) mass is 271 g/mol. The van der Waals surface area contributed by atoms with Crippen molar-refractivity contribution in [3.05, 3.63) is 28.3 Å². The first-order valence-corrected chi connectivity index (χ1v) is 6.59. The molecule has 1 aromatic carbocycles. The largest absolute Gasteiger partial charge is 0.494 e. The molecule has 0 aliphatic rings. The zero-order valence-electron chi connectivity index (χ0n) is 10.6. The first-order chi connectivity index (χ1) is 8.43. The molecule has 0 aliphatic carbocycles. The fraction of sp³-hybridized carbons (Fsp3) is 0.500. The molecule has 2 unspecified atom stereocenters. The van der Waals surface area contributed by atoms with Crippen molar-refractivity contribution < 1.29 is 14.8 Å². The summed E-state index contributed by atoms with van der Waals surface area (Å²) in [6, 6.07) is 4.65. The molecule has 1 N–H and O–H groups in total. The fourth-order valence-electron chi connectivity index (χ4n) is 1.29. The Bertz CT molecular complexity index is 423. The van der Waals surface area contributed by atoms with Crippen LogP contribution in [0.4, 0.5) is 5.69 Å². The topological polar surface area (TPSA) is 72.6 Å². The maximum atomic E-state index is 10.8. The molecule has 2 atom stereocenters. The lowest BCUT2D eigenvalue weighted by Crippen LogP contribution is -2.14. The second-order valence-corrected chi connectivity index (χ2v) is 5.37. The number of thioether (sulfide) groups is 1. The van der Waals surface area contributed by atoms with E-state index in [1.165, 1.54) is 23.9 Å². The van der Waals surface area contributed by atoms with Crippen molar-refractivity contribution in [2.45, 2.75) is 37.0 Å². The van der Waals surface area contributed by atoms with Crippen LogP contribution >= 0.6 is 11.8 Å². The van der Waals surface area contributed by atoms with Gasteiger partial charge in [0.1, 0.15) is 5.75 Å². The number of benzene rings is 1. The van der Waals surface area contributed by atoms with Gasteiger partial charge in [-0.3, -0.25) is 10.1 Å². The van der Waals surface area contributed by atoms with E-state index < -0.39 is 11.0 Å². The summed E-state index contributed by atoms with van der Waals surface area (Å²) in [6.45, 7) is 5.84. The van der Waals surface area contributed by atoms with Gasteiger partial charge in [0.15, 0.2) is 0 Å². The Kier molecular flexibility index (Phi) is 5.43. The predicted molar refractivity (Wildman–Crippen MR) is 71.3 cm³/mol. The zero-order valence-corrected chi connectivity index (χ0v) is 11.4. The lowest BCUT2D eigenvalue weighted by atomic mass is 10.3. The number of nitro benzene ring substituents is 1. The maximum Gasteiger partial charge on any atom is 0.274 e. The van der Waals surface area contributed by atoms with Crippen LogP contribution in [0.5, 0.6) is 5.75 Å². The summed E-state index contributed by atoms with van der Waals surface area (Å²) in [6.07, 6.45) is -0.482. The van der Waals surface area contributed by atoms with Crippen molar-refractivity contribution in [1.29, 1.82) is 0 Å². The molecule has 0 fully saturated rings. The smallest absolute Gasteiger partial charge is 0.274 e. The van der Waals surface area contributed by atoms with E-state index in [2.05, 4.69) is 0 Å². The van der Waals surface area contributed by atoms with Crippen molar-refractivity contribution in [3.8, 4) is 5.75 Å². The fourth-order valence-corrected chi connectivity index (χ4v) is 2.29. The number of aliphatic hydroxyl groups excluding tert-OH is 1. The van der Waals surface area contributed by atoms with E-state index in [1.807, 2.05) is 13.8 Å². The molecule has 6 heteroatoms. The molecule has 1 rings (SSSR count). The van der Waals surface area contributed by atoms with E-state index in [1.54, 1.807) is 13.0 Å². The van der Waals surface area contributed by atoms with E-state index in [0.29, 0.717) is 12.4 Å². The van der Waals surface area contributed by atoms with Crippen molar-refractivity contribution in [2.75, 3.05) is 6.61 Å². The van der Waals surface area contributed by atoms with Gasteiger partial charge in [0.2, 0.25) is 0 Å². The van der Waals surface area contributed by atoms with Crippen LogP contribution in [-0.4, -0.2) is 28.0 Å². The van der Waals surface area contributed by atoms with Gasteiger partial charge >= 0.3 is 0 Å². The number of aliphatic hydroxyl groups is 1. The maximum absolute atomic E-state index is 10.8. The Morgan fingerprint density at radius 1 is 1.44 bits per heavy atom. The second kappa shape index (κ2) is 6.61. The van der Waals surface area contributed by atoms with Gasteiger partial charge in [-0.15, -0.1) is 11.8 Å². The molecule has 18 heavy (non-hydrogen) atoms. The molecule has 100 valence electrons. The molecular formula is C12H17NO4S. The second-order valence-electron chi connectivity index (χ2n) is 3.92. The van der Waals surface area contributed by atoms with E-state index in [-0.39, 0.29) is 10.9 Å². The Morgan fingerprint density at radius 2 is 2.11 bits per heavy atom. The number of ether oxygens (including phenoxy) is 1. The molecule has 0 aromatic heterocycles. The summed E-state index contributed by atoms with van der Waals surface area (Å²) in [5.41, 5.74) is 0.00115. The molecule has 0 heterocycles. The van der Waals surface area contributed by atoms with E-state index >= 15 is 0 Å². The van der Waals surface area contributed by atoms with Crippen molar-refractivity contribution in [3.63, 3.8) is 0 Å². The Balaban J connectivity index is 2.99. The minimum absolute atomic E-state index is 0.00115. The van der Waals surface area contributed by atoms with Gasteiger partial charge < -0.3 is 9.84 Å². The Labute approximate surface area is 110 Å². The number of rotatable bonds is 6. The minimum atomic E-state index is -0.482. The molecule has 5 nitrogen and oxygen atoms in total. The van der Waals surface area contributed by atoms with Crippen molar-refractivity contribution in [1.82, 2.24) is 0 Å². The van der Waals surface area contributed by atoms with Crippen molar-refractivity contribution in [2.24, 2.45) is 0 Å². The van der Waals surface area contributed by atoms with E-state index in [9.17, 15) is 15.2 Å². The Hall–Kier alpha value is -1.27. The standard InChI is InChI=1S/C12H17NO4S/c1-4-17-11-5-10(13(15)16)6-12(7-11)18-9(3)8(2)14/h5-9,14H,4H2,1-3H3. The van der Waals surface area contributed by atoms with Crippen molar-refractivity contribution >= 4 is 17.4 Å². The van der Waals surface area contributed by atoms with Gasteiger partial charge in [0.25, 0.3) is 5.69 Å². The third-order valence-corrected chi connectivity index (χ3v) is 3.66. The number of nitrogens with zero attached hydrogens (tertiary/aromatic N) is 1. The first-order valence-electron chi connectivity index (χ1n) is 5.71. The van der Waals surface area contributed by atoms with Gasteiger partial charge in [0.05, 0.1) is 23.7 Å². The van der Waals surface area contributed by atoms with Crippen LogP contribution in [0.1, 0.15) is 20.8 Å². The quantitative estimate of drug-likeness (QED) is 0.489. The highest BCUT2D eigenvalue weighted by atomic mass is 32.2. The van der Waals surface area contributed by atoms with Crippen LogP contribution in [-0.2, 0) is 0 Å². The minimum Gasteiger partial charge on any atom is -0.494 e. The molecule has 1 aromatic rings. The SMILES string of the molecule is CCOc1cc(SC(C)C(C)O)cc([N+](=O)[O-])c1. The number of hydrogen-bond donors (Lipinski definition) is 1. The van der Waals surface area contributed by atoms with Gasteiger partial charge in [-0.2, -0.15) is 0 Å². The van der Waals surface area contributed by atoms with Crippen LogP contribution < -0.4 is 4.74 Å². The summed E-state index contributed by atoms with van der Waals surface area (Å²) >= 11 is 1.39. The molecule has 0 amide bonds. The predicted octanol–water partition coefficient (Wildman–Crippen LogP) is 2.85. The summed E-state index contributed by atoms with van der Waals surface area (Å²) in [7, 11) is 0. The molecule has 0 saturated carbocycles. The molecule has 0 radical (unpaired) electrons. The van der Waals surface area contributed by atoms with Gasteiger partial charge in [-0.25, -0.2) is 0 Å². The highest BCUT2D eigenvalue weighted by Crippen LogP contribution is 2.32. The van der Waals surface area contributed by atoms with Crippen LogP contribution in [0.15, 0.2) is 23.1 Å². The molecule has 0 spiro atoms. The number of hydrogen-bond acceptors (Lipinski definition) is 5. The number of nitro groups is 1. The van der Waals surface area contributed by atoms with Gasteiger partial charge in [-0.1, -0.05) is 6.92 Å². The summed E-state index contributed by atoms with van der Waals surface area (Å²) in [5.74, 6) is 0.479. The van der Waals surface area contributed by atoms with Crippen LogP contribution in [0.2, 0.25) is 0 Å². The molecule has 0 saturated heterocycles. The normalized spacial score (nSPS) is 14.0. The molecule has 0 bridgehead atoms. The Morgan fingerprint density at radius 3 is 2.61 bits per heavy atom. The highest BCUT2D eigenvalue weighted by molar-refractivity contribution is 8.00. The van der Waals surface area contributed by atoms with Crippen LogP contribution in [0, 0.1) is 10.1 Å². The zero-order chi connectivity index (χ0) is 13.7. The number of non-ortho nitro benzene ring substituents is 1. The third-order valence-electron chi connectivity index (χ3n) is 2.39. The summed E-state index contributed by atoms with van der Waals surface area (Å²) in [5, 5.41) is 20.2. The van der Waals surface area contributed by atoms with E-state index in [4.69, 9.17) is 4.74 Å².